The van der Waals surface area contributed by atoms with E-state index in [9.17, 15) is 13.2 Å². The SMILES string of the molecule is CNC(=O)c1cnn2cc(N(C)S(C)(=O)=O)c(B3OC(C)(C)C(C)(C)O3)cc12. The summed E-state index contributed by atoms with van der Waals surface area (Å²) in [6.07, 6.45) is 4.11. The number of anilines is 1. The Morgan fingerprint density at radius 3 is 2.32 bits per heavy atom. The van der Waals surface area contributed by atoms with Crippen molar-refractivity contribution in [3.05, 3.63) is 24.0 Å². The smallest absolute Gasteiger partial charge is 0.399 e. The molecular formula is C17H25BN4O5S. The highest BCUT2D eigenvalue weighted by atomic mass is 32.2. The van der Waals surface area contributed by atoms with Gasteiger partial charge >= 0.3 is 7.12 Å². The summed E-state index contributed by atoms with van der Waals surface area (Å²) < 4.78 is 39.3. The largest absolute Gasteiger partial charge is 0.497 e. The molecule has 1 N–H and O–H groups in total. The number of hydrogen-bond donors (Lipinski definition) is 1. The molecule has 152 valence electrons. The lowest BCUT2D eigenvalue weighted by molar-refractivity contribution is 0.00578. The molecule has 28 heavy (non-hydrogen) atoms. The molecule has 1 aliphatic rings. The predicted octanol–water partition coefficient (Wildman–Crippen LogP) is 0.389. The summed E-state index contributed by atoms with van der Waals surface area (Å²) in [6, 6.07) is 1.69. The fraction of sp³-hybridized carbons (Fsp3) is 0.529. The normalized spacial score (nSPS) is 18.5. The lowest BCUT2D eigenvalue weighted by Gasteiger charge is -2.32. The van der Waals surface area contributed by atoms with Crippen molar-refractivity contribution in [2.45, 2.75) is 38.9 Å². The minimum Gasteiger partial charge on any atom is -0.399 e. The number of carbonyl (C=O) groups excluding carboxylic acids is 1. The van der Waals surface area contributed by atoms with Crippen LogP contribution < -0.4 is 15.1 Å². The average Bonchev–Trinajstić information content (AvgIpc) is 3.08. The van der Waals surface area contributed by atoms with Gasteiger partial charge in [-0.3, -0.25) is 9.10 Å². The van der Waals surface area contributed by atoms with E-state index in [1.54, 1.807) is 12.3 Å². The minimum atomic E-state index is -3.55. The number of aromatic nitrogens is 2. The number of fused-ring (bicyclic) bond motifs is 1. The first-order valence-electron chi connectivity index (χ1n) is 8.81. The lowest BCUT2D eigenvalue weighted by Crippen LogP contribution is -2.41. The Labute approximate surface area is 165 Å². The highest BCUT2D eigenvalue weighted by Crippen LogP contribution is 2.37. The van der Waals surface area contributed by atoms with Gasteiger partial charge in [0.1, 0.15) is 0 Å². The zero-order chi connectivity index (χ0) is 21.1. The van der Waals surface area contributed by atoms with Gasteiger partial charge < -0.3 is 14.6 Å². The van der Waals surface area contributed by atoms with E-state index >= 15 is 0 Å². The Morgan fingerprint density at radius 1 is 1.25 bits per heavy atom. The molecule has 0 atom stereocenters. The third-order valence-electron chi connectivity index (χ3n) is 5.48. The van der Waals surface area contributed by atoms with Crippen LogP contribution in [0.4, 0.5) is 5.69 Å². The molecular weight excluding hydrogens is 383 g/mol. The Balaban J connectivity index is 2.24. The molecule has 0 spiro atoms. The van der Waals surface area contributed by atoms with Crippen LogP contribution in [0.3, 0.4) is 0 Å². The Hall–Kier alpha value is -2.11. The van der Waals surface area contributed by atoms with Crippen molar-refractivity contribution in [2.24, 2.45) is 0 Å². The molecule has 0 unspecified atom stereocenters. The second kappa shape index (κ2) is 6.46. The average molecular weight is 408 g/mol. The molecule has 2 aromatic heterocycles. The van der Waals surface area contributed by atoms with Crippen molar-refractivity contribution in [1.29, 1.82) is 0 Å². The standard InChI is InChI=1S/C17H25BN4O5S/c1-16(2)17(3,4)27-18(26-16)12-8-13-11(15(23)19-5)9-20-22(13)10-14(12)21(6)28(7,24)25/h8-10H,1-7H3,(H,19,23). The first kappa shape index (κ1) is 20.6. The summed E-state index contributed by atoms with van der Waals surface area (Å²) in [6.45, 7) is 7.67. The van der Waals surface area contributed by atoms with E-state index in [-0.39, 0.29) is 5.91 Å². The third-order valence-corrected chi connectivity index (χ3v) is 6.67. The van der Waals surface area contributed by atoms with Crippen LogP contribution in [0.1, 0.15) is 38.1 Å². The minimum absolute atomic E-state index is 0.293. The maximum atomic E-state index is 12.2. The quantitative estimate of drug-likeness (QED) is 0.735. The van der Waals surface area contributed by atoms with E-state index in [0.717, 1.165) is 10.6 Å². The van der Waals surface area contributed by atoms with E-state index in [1.807, 2.05) is 27.7 Å². The Morgan fingerprint density at radius 2 is 1.82 bits per heavy atom. The van der Waals surface area contributed by atoms with Gasteiger partial charge in [0, 0.05) is 19.6 Å². The van der Waals surface area contributed by atoms with Crippen LogP contribution in [0.15, 0.2) is 18.5 Å². The zero-order valence-electron chi connectivity index (χ0n) is 17.1. The van der Waals surface area contributed by atoms with E-state index in [1.165, 1.54) is 24.8 Å². The lowest BCUT2D eigenvalue weighted by atomic mass is 9.78. The highest BCUT2D eigenvalue weighted by Gasteiger charge is 2.52. The van der Waals surface area contributed by atoms with E-state index < -0.39 is 28.3 Å². The first-order chi connectivity index (χ1) is 12.8. The molecule has 0 aliphatic carbocycles. The van der Waals surface area contributed by atoms with Gasteiger partial charge in [-0.2, -0.15) is 5.10 Å². The number of amides is 1. The van der Waals surface area contributed by atoms with Gasteiger partial charge in [0.15, 0.2) is 0 Å². The predicted molar refractivity (Wildman–Crippen MR) is 108 cm³/mol. The van der Waals surface area contributed by atoms with Gasteiger partial charge in [0.2, 0.25) is 10.0 Å². The molecule has 1 fully saturated rings. The summed E-state index contributed by atoms with van der Waals surface area (Å²) >= 11 is 0. The summed E-state index contributed by atoms with van der Waals surface area (Å²) in [5, 5.41) is 6.77. The molecule has 0 bridgehead atoms. The molecule has 0 saturated carbocycles. The molecule has 3 rings (SSSR count). The molecule has 11 heteroatoms. The van der Waals surface area contributed by atoms with Gasteiger partial charge in [0.05, 0.1) is 46.6 Å². The highest BCUT2D eigenvalue weighted by molar-refractivity contribution is 7.92. The van der Waals surface area contributed by atoms with Crippen molar-refractivity contribution in [2.75, 3.05) is 24.7 Å². The third kappa shape index (κ3) is 3.27. The monoisotopic (exact) mass is 408 g/mol. The fourth-order valence-corrected chi connectivity index (χ4v) is 3.45. The van der Waals surface area contributed by atoms with Crippen LogP contribution in [0, 0.1) is 0 Å². The number of carbonyl (C=O) groups is 1. The fourth-order valence-electron chi connectivity index (χ4n) is 2.94. The van der Waals surface area contributed by atoms with Gasteiger partial charge in [0.25, 0.3) is 5.91 Å². The zero-order valence-corrected chi connectivity index (χ0v) is 17.9. The molecule has 9 nitrogen and oxygen atoms in total. The maximum absolute atomic E-state index is 12.2. The van der Waals surface area contributed by atoms with E-state index in [2.05, 4.69) is 10.4 Å². The maximum Gasteiger partial charge on any atom is 0.497 e. The van der Waals surface area contributed by atoms with Crippen molar-refractivity contribution in [1.82, 2.24) is 14.9 Å². The van der Waals surface area contributed by atoms with Crippen LogP contribution in [0.25, 0.3) is 5.52 Å². The summed E-state index contributed by atoms with van der Waals surface area (Å²) in [5.41, 5.74) is 0.553. The molecule has 0 aromatic carbocycles. The number of nitrogens with one attached hydrogen (secondary N) is 1. The van der Waals surface area contributed by atoms with Crippen LogP contribution in [0.5, 0.6) is 0 Å². The number of hydrogen-bond acceptors (Lipinski definition) is 6. The number of sulfonamides is 1. The molecule has 2 aromatic rings. The second-order valence-corrected chi connectivity index (χ2v) is 9.91. The van der Waals surface area contributed by atoms with Crippen LogP contribution in [-0.2, 0) is 19.3 Å². The Bertz CT molecular complexity index is 1030. The summed E-state index contributed by atoms with van der Waals surface area (Å²) in [7, 11) is -1.36. The van der Waals surface area contributed by atoms with Crippen molar-refractivity contribution >= 4 is 39.7 Å². The summed E-state index contributed by atoms with van der Waals surface area (Å²) in [5.74, 6) is -0.293. The van der Waals surface area contributed by atoms with Gasteiger partial charge in [-0.05, 0) is 33.8 Å². The first-order valence-corrected chi connectivity index (χ1v) is 10.7. The molecule has 1 amide bonds. The van der Waals surface area contributed by atoms with Crippen molar-refractivity contribution in [3.8, 4) is 0 Å². The second-order valence-electron chi connectivity index (χ2n) is 7.90. The molecule has 1 saturated heterocycles. The van der Waals surface area contributed by atoms with Crippen molar-refractivity contribution in [3.63, 3.8) is 0 Å². The topological polar surface area (TPSA) is 102 Å². The number of pyridine rings is 1. The summed E-state index contributed by atoms with van der Waals surface area (Å²) in [4.78, 5) is 12.2. The van der Waals surface area contributed by atoms with Crippen LogP contribution in [-0.4, -0.2) is 62.6 Å². The van der Waals surface area contributed by atoms with E-state index in [4.69, 9.17) is 9.31 Å². The number of nitrogens with zero attached hydrogens (tertiary/aromatic N) is 3. The number of rotatable bonds is 4. The van der Waals surface area contributed by atoms with E-state index in [0.29, 0.717) is 22.2 Å². The molecule has 1 aliphatic heterocycles. The van der Waals surface area contributed by atoms with Crippen LogP contribution >= 0.6 is 0 Å². The molecule has 0 radical (unpaired) electrons. The van der Waals surface area contributed by atoms with Gasteiger partial charge in [-0.1, -0.05) is 0 Å². The van der Waals surface area contributed by atoms with Gasteiger partial charge in [-0.25, -0.2) is 12.9 Å². The van der Waals surface area contributed by atoms with Crippen LogP contribution in [0.2, 0.25) is 0 Å². The van der Waals surface area contributed by atoms with Gasteiger partial charge in [-0.15, -0.1) is 0 Å². The Kier molecular flexibility index (Phi) is 4.76. The molecule has 3 heterocycles. The van der Waals surface area contributed by atoms with Crippen molar-refractivity contribution < 1.29 is 22.5 Å².